The minimum Gasteiger partial charge on any atom is -0.496 e. The molecule has 0 heterocycles. The number of hydrogen-bond acceptors (Lipinski definition) is 3. The summed E-state index contributed by atoms with van der Waals surface area (Å²) in [7, 11) is 3.94. The molecule has 118 valence electrons. The molecule has 1 aromatic rings. The third-order valence-electron chi connectivity index (χ3n) is 3.70. The van der Waals surface area contributed by atoms with E-state index in [2.05, 4.69) is 56.2 Å². The lowest BCUT2D eigenvalue weighted by molar-refractivity contribution is 0.218. The van der Waals surface area contributed by atoms with Crippen LogP contribution in [-0.2, 0) is 13.1 Å². The normalized spacial score (nSPS) is 15.5. The fourth-order valence-corrected chi connectivity index (χ4v) is 2.77. The molecule has 1 N–H and O–H groups in total. The fraction of sp³-hybridized carbons (Fsp3) is 0.667. The maximum absolute atomic E-state index is 5.52. The molecule has 0 atom stereocenters. The zero-order valence-electron chi connectivity index (χ0n) is 14.2. The smallest absolute Gasteiger partial charge is 0.123 e. The van der Waals surface area contributed by atoms with Crippen LogP contribution in [0.5, 0.6) is 5.75 Å². The molecule has 0 bridgehead atoms. The Morgan fingerprint density at radius 1 is 1.29 bits per heavy atom. The van der Waals surface area contributed by atoms with Crippen molar-refractivity contribution in [2.24, 2.45) is 5.41 Å². The Morgan fingerprint density at radius 2 is 2.00 bits per heavy atom. The molecule has 0 amide bonds. The Balaban J connectivity index is 2.01. The van der Waals surface area contributed by atoms with Crippen LogP contribution >= 0.6 is 0 Å². The van der Waals surface area contributed by atoms with Crippen molar-refractivity contribution in [1.29, 1.82) is 0 Å². The van der Waals surface area contributed by atoms with Gasteiger partial charge in [-0.05, 0) is 43.0 Å². The quantitative estimate of drug-likeness (QED) is 0.832. The van der Waals surface area contributed by atoms with Crippen LogP contribution in [0, 0.1) is 5.41 Å². The predicted molar refractivity (Wildman–Crippen MR) is 88.6 cm³/mol. The van der Waals surface area contributed by atoms with Crippen molar-refractivity contribution in [1.82, 2.24) is 10.2 Å². The zero-order chi connectivity index (χ0) is 15.5. The Labute approximate surface area is 129 Å². The Bertz CT molecular complexity index is 461. The van der Waals surface area contributed by atoms with E-state index in [1.54, 1.807) is 7.11 Å². The van der Waals surface area contributed by atoms with Crippen molar-refractivity contribution in [3.05, 3.63) is 29.3 Å². The molecule has 3 heteroatoms. The van der Waals surface area contributed by atoms with E-state index in [0.717, 1.165) is 31.4 Å². The van der Waals surface area contributed by atoms with Gasteiger partial charge in [0.05, 0.1) is 7.11 Å². The Morgan fingerprint density at radius 3 is 2.57 bits per heavy atom. The number of rotatable bonds is 7. The summed E-state index contributed by atoms with van der Waals surface area (Å²) >= 11 is 0. The number of nitrogens with one attached hydrogen (secondary N) is 1. The van der Waals surface area contributed by atoms with E-state index in [1.807, 2.05) is 0 Å². The summed E-state index contributed by atoms with van der Waals surface area (Å²) < 4.78 is 5.52. The average Bonchev–Trinajstić information content (AvgIpc) is 3.18. The molecule has 0 aromatic heterocycles. The van der Waals surface area contributed by atoms with E-state index in [-0.39, 0.29) is 0 Å². The van der Waals surface area contributed by atoms with E-state index in [0.29, 0.717) is 5.41 Å². The zero-order valence-corrected chi connectivity index (χ0v) is 14.2. The van der Waals surface area contributed by atoms with Crippen LogP contribution < -0.4 is 10.1 Å². The molecular weight excluding hydrogens is 260 g/mol. The molecular formula is C18H30N2O. The van der Waals surface area contributed by atoms with Gasteiger partial charge in [-0.1, -0.05) is 26.8 Å². The summed E-state index contributed by atoms with van der Waals surface area (Å²) in [5.74, 6) is 0.992. The first-order valence-corrected chi connectivity index (χ1v) is 7.95. The van der Waals surface area contributed by atoms with Crippen molar-refractivity contribution < 1.29 is 4.74 Å². The van der Waals surface area contributed by atoms with Gasteiger partial charge in [0.25, 0.3) is 0 Å². The second-order valence-electron chi connectivity index (χ2n) is 7.53. The molecule has 1 aliphatic rings. The Kier molecular flexibility index (Phi) is 5.28. The monoisotopic (exact) mass is 290 g/mol. The van der Waals surface area contributed by atoms with Crippen LogP contribution in [0.25, 0.3) is 0 Å². The largest absolute Gasteiger partial charge is 0.496 e. The van der Waals surface area contributed by atoms with Gasteiger partial charge in [0, 0.05) is 31.2 Å². The second kappa shape index (κ2) is 6.80. The standard InChI is InChI=1S/C18H30N2O/c1-18(2,3)13-20(4)12-15-10-14(6-9-17(15)21-5)11-19-16-7-8-16/h6,9-10,16,19H,7-8,11-13H2,1-5H3. The van der Waals surface area contributed by atoms with Gasteiger partial charge < -0.3 is 15.0 Å². The maximum atomic E-state index is 5.52. The molecule has 0 unspecified atom stereocenters. The van der Waals surface area contributed by atoms with Crippen LogP contribution in [0.1, 0.15) is 44.7 Å². The molecule has 1 fully saturated rings. The van der Waals surface area contributed by atoms with Gasteiger partial charge in [0.1, 0.15) is 5.75 Å². The molecule has 2 rings (SSSR count). The summed E-state index contributed by atoms with van der Waals surface area (Å²) in [6, 6.07) is 7.30. The number of ether oxygens (including phenoxy) is 1. The summed E-state index contributed by atoms with van der Waals surface area (Å²) in [5, 5.41) is 3.57. The highest BCUT2D eigenvalue weighted by molar-refractivity contribution is 5.37. The number of hydrogen-bond donors (Lipinski definition) is 1. The van der Waals surface area contributed by atoms with Gasteiger partial charge in [0.15, 0.2) is 0 Å². The van der Waals surface area contributed by atoms with Crippen molar-refractivity contribution in [2.75, 3.05) is 20.7 Å². The summed E-state index contributed by atoms with van der Waals surface area (Å²) in [6.07, 6.45) is 2.66. The average molecular weight is 290 g/mol. The van der Waals surface area contributed by atoms with E-state index in [4.69, 9.17) is 4.74 Å². The Hall–Kier alpha value is -1.06. The third-order valence-corrected chi connectivity index (χ3v) is 3.70. The molecule has 0 spiro atoms. The molecule has 1 aliphatic carbocycles. The van der Waals surface area contributed by atoms with Crippen LogP contribution in [-0.4, -0.2) is 31.6 Å². The van der Waals surface area contributed by atoms with Gasteiger partial charge in [-0.2, -0.15) is 0 Å². The molecule has 0 radical (unpaired) electrons. The molecule has 1 saturated carbocycles. The van der Waals surface area contributed by atoms with E-state index in [9.17, 15) is 0 Å². The minimum absolute atomic E-state index is 0.313. The van der Waals surface area contributed by atoms with Gasteiger partial charge in [0.2, 0.25) is 0 Å². The van der Waals surface area contributed by atoms with Crippen LogP contribution in [0.15, 0.2) is 18.2 Å². The molecule has 0 saturated heterocycles. The fourth-order valence-electron chi connectivity index (χ4n) is 2.77. The molecule has 1 aromatic carbocycles. The number of methoxy groups -OCH3 is 1. The highest BCUT2D eigenvalue weighted by atomic mass is 16.5. The third kappa shape index (κ3) is 5.68. The van der Waals surface area contributed by atoms with Crippen molar-refractivity contribution in [3.63, 3.8) is 0 Å². The van der Waals surface area contributed by atoms with Gasteiger partial charge in [-0.15, -0.1) is 0 Å². The van der Waals surface area contributed by atoms with E-state index < -0.39 is 0 Å². The van der Waals surface area contributed by atoms with Gasteiger partial charge in [-0.3, -0.25) is 0 Å². The topological polar surface area (TPSA) is 24.5 Å². The highest BCUT2D eigenvalue weighted by Crippen LogP contribution is 2.24. The van der Waals surface area contributed by atoms with Gasteiger partial charge in [-0.25, -0.2) is 0 Å². The minimum atomic E-state index is 0.313. The lowest BCUT2D eigenvalue weighted by Gasteiger charge is -2.27. The van der Waals surface area contributed by atoms with E-state index in [1.165, 1.54) is 24.0 Å². The van der Waals surface area contributed by atoms with Crippen molar-refractivity contribution in [3.8, 4) is 5.75 Å². The highest BCUT2D eigenvalue weighted by Gasteiger charge is 2.20. The summed E-state index contributed by atoms with van der Waals surface area (Å²) in [5.41, 5.74) is 2.94. The van der Waals surface area contributed by atoms with Gasteiger partial charge >= 0.3 is 0 Å². The van der Waals surface area contributed by atoms with Crippen LogP contribution in [0.3, 0.4) is 0 Å². The lowest BCUT2D eigenvalue weighted by Crippen LogP contribution is -2.29. The van der Waals surface area contributed by atoms with Crippen molar-refractivity contribution >= 4 is 0 Å². The predicted octanol–water partition coefficient (Wildman–Crippen LogP) is 3.43. The SMILES string of the molecule is COc1ccc(CNC2CC2)cc1CN(C)CC(C)(C)C. The van der Waals surface area contributed by atoms with Crippen molar-refractivity contribution in [2.45, 2.75) is 52.7 Å². The molecule has 3 nitrogen and oxygen atoms in total. The first-order valence-electron chi connectivity index (χ1n) is 7.95. The number of benzene rings is 1. The van der Waals surface area contributed by atoms with Crippen LogP contribution in [0.2, 0.25) is 0 Å². The first-order chi connectivity index (χ1) is 9.87. The molecule has 0 aliphatic heterocycles. The second-order valence-corrected chi connectivity index (χ2v) is 7.53. The summed E-state index contributed by atoms with van der Waals surface area (Å²) in [4.78, 5) is 2.37. The number of nitrogens with zero attached hydrogens (tertiary/aromatic N) is 1. The maximum Gasteiger partial charge on any atom is 0.123 e. The first kappa shape index (κ1) is 16.3. The lowest BCUT2D eigenvalue weighted by atomic mass is 9.96. The van der Waals surface area contributed by atoms with E-state index >= 15 is 0 Å². The summed E-state index contributed by atoms with van der Waals surface area (Å²) in [6.45, 7) is 9.78. The molecule has 21 heavy (non-hydrogen) atoms. The van der Waals surface area contributed by atoms with Crippen LogP contribution in [0.4, 0.5) is 0 Å².